The van der Waals surface area contributed by atoms with E-state index in [9.17, 15) is 4.79 Å². The lowest BCUT2D eigenvalue weighted by Crippen LogP contribution is -2.46. The highest BCUT2D eigenvalue weighted by Gasteiger charge is 2.22. The van der Waals surface area contributed by atoms with E-state index < -0.39 is 0 Å². The first-order valence-electron chi connectivity index (χ1n) is 7.25. The van der Waals surface area contributed by atoms with Gasteiger partial charge in [0.2, 0.25) is 5.91 Å². The molecule has 0 bridgehead atoms. The predicted octanol–water partition coefficient (Wildman–Crippen LogP) is 2.00. The Morgan fingerprint density at radius 2 is 2.05 bits per heavy atom. The summed E-state index contributed by atoms with van der Waals surface area (Å²) in [6.07, 6.45) is 0.825. The molecule has 1 heterocycles. The van der Waals surface area contributed by atoms with Crippen molar-refractivity contribution in [2.24, 2.45) is 0 Å². The minimum atomic E-state index is -0.0653. The summed E-state index contributed by atoms with van der Waals surface area (Å²) in [4.78, 5) is 14.3. The SMILES string of the molecule is C[C@@H]1CN(CCC(=O)Nc2ccccc2C#N)C[C@H](C)O1. The van der Waals surface area contributed by atoms with Gasteiger partial charge in [0.25, 0.3) is 0 Å². The molecule has 0 unspecified atom stereocenters. The normalized spacial score (nSPS) is 22.5. The summed E-state index contributed by atoms with van der Waals surface area (Å²) >= 11 is 0. The van der Waals surface area contributed by atoms with Gasteiger partial charge in [-0.1, -0.05) is 12.1 Å². The molecule has 112 valence electrons. The summed E-state index contributed by atoms with van der Waals surface area (Å²) in [5, 5.41) is 11.8. The van der Waals surface area contributed by atoms with E-state index in [1.807, 2.05) is 19.9 Å². The third-order valence-electron chi connectivity index (χ3n) is 3.47. The Morgan fingerprint density at radius 3 is 2.71 bits per heavy atom. The number of rotatable bonds is 4. The Balaban J connectivity index is 1.84. The van der Waals surface area contributed by atoms with Crippen LogP contribution in [0.2, 0.25) is 0 Å². The molecule has 2 atom stereocenters. The zero-order valence-electron chi connectivity index (χ0n) is 12.5. The molecule has 0 radical (unpaired) electrons. The molecule has 0 spiro atoms. The summed E-state index contributed by atoms with van der Waals surface area (Å²) in [6, 6.07) is 9.11. The molecule has 0 aromatic heterocycles. The molecule has 5 nitrogen and oxygen atoms in total. The van der Waals surface area contributed by atoms with E-state index in [2.05, 4.69) is 16.3 Å². The number of morpholine rings is 1. The van der Waals surface area contributed by atoms with Crippen LogP contribution in [0.15, 0.2) is 24.3 Å². The molecule has 1 N–H and O–H groups in total. The van der Waals surface area contributed by atoms with Gasteiger partial charge in [-0.05, 0) is 26.0 Å². The van der Waals surface area contributed by atoms with Crippen molar-refractivity contribution in [3.05, 3.63) is 29.8 Å². The van der Waals surface area contributed by atoms with E-state index >= 15 is 0 Å². The third kappa shape index (κ3) is 4.55. The standard InChI is InChI=1S/C16H21N3O2/c1-12-10-19(11-13(2)21-12)8-7-16(20)18-15-6-4-3-5-14(15)9-17/h3-6,12-13H,7-8,10-11H2,1-2H3,(H,18,20)/t12-,13+. The molecule has 1 saturated heterocycles. The molecule has 5 heteroatoms. The molecule has 1 amide bonds. The maximum absolute atomic E-state index is 12.0. The minimum absolute atomic E-state index is 0.0653. The Labute approximate surface area is 125 Å². The van der Waals surface area contributed by atoms with Gasteiger partial charge in [-0.2, -0.15) is 5.26 Å². The van der Waals surface area contributed by atoms with Gasteiger partial charge in [0.1, 0.15) is 6.07 Å². The second-order valence-corrected chi connectivity index (χ2v) is 5.47. The summed E-state index contributed by atoms with van der Waals surface area (Å²) in [5.41, 5.74) is 1.06. The van der Waals surface area contributed by atoms with Crippen LogP contribution < -0.4 is 5.32 Å². The van der Waals surface area contributed by atoms with E-state index in [-0.39, 0.29) is 18.1 Å². The van der Waals surface area contributed by atoms with Crippen LogP contribution in [0.5, 0.6) is 0 Å². The molecule has 1 aromatic rings. The van der Waals surface area contributed by atoms with Gasteiger partial charge in [-0.3, -0.25) is 9.69 Å². The average Bonchev–Trinajstić information content (AvgIpc) is 2.45. The van der Waals surface area contributed by atoms with Gasteiger partial charge >= 0.3 is 0 Å². The lowest BCUT2D eigenvalue weighted by atomic mass is 10.2. The first-order valence-corrected chi connectivity index (χ1v) is 7.25. The number of nitrogens with one attached hydrogen (secondary N) is 1. The van der Waals surface area contributed by atoms with Crippen molar-refractivity contribution in [2.75, 3.05) is 25.0 Å². The summed E-state index contributed by atoms with van der Waals surface area (Å²) < 4.78 is 5.67. The molecule has 0 saturated carbocycles. The van der Waals surface area contributed by atoms with Crippen LogP contribution in [0.1, 0.15) is 25.8 Å². The van der Waals surface area contributed by atoms with Crippen LogP contribution in [0, 0.1) is 11.3 Å². The quantitative estimate of drug-likeness (QED) is 0.920. The summed E-state index contributed by atoms with van der Waals surface area (Å²) in [7, 11) is 0. The van der Waals surface area contributed by atoms with Gasteiger partial charge in [-0.25, -0.2) is 0 Å². The highest BCUT2D eigenvalue weighted by atomic mass is 16.5. The average molecular weight is 287 g/mol. The maximum atomic E-state index is 12.0. The number of anilines is 1. The Kier molecular flexibility index (Phi) is 5.32. The molecule has 0 aliphatic carbocycles. The van der Waals surface area contributed by atoms with Gasteiger partial charge in [0.15, 0.2) is 0 Å². The second-order valence-electron chi connectivity index (χ2n) is 5.47. The van der Waals surface area contributed by atoms with Crippen LogP contribution in [0.4, 0.5) is 5.69 Å². The lowest BCUT2D eigenvalue weighted by molar-refractivity contribution is -0.117. The fourth-order valence-corrected chi connectivity index (χ4v) is 2.63. The van der Waals surface area contributed by atoms with Crippen LogP contribution in [0.3, 0.4) is 0 Å². The van der Waals surface area contributed by atoms with Crippen LogP contribution >= 0.6 is 0 Å². The number of benzene rings is 1. The molecule has 1 aromatic carbocycles. The van der Waals surface area contributed by atoms with E-state index in [0.717, 1.165) is 13.1 Å². The number of hydrogen-bond acceptors (Lipinski definition) is 4. The Bertz CT molecular complexity index is 529. The van der Waals surface area contributed by atoms with Gasteiger partial charge in [0.05, 0.1) is 23.5 Å². The highest BCUT2D eigenvalue weighted by Crippen LogP contribution is 2.14. The molecule has 1 aliphatic heterocycles. The van der Waals surface area contributed by atoms with Crippen molar-refractivity contribution >= 4 is 11.6 Å². The highest BCUT2D eigenvalue weighted by molar-refractivity contribution is 5.92. The van der Waals surface area contributed by atoms with E-state index in [1.165, 1.54) is 0 Å². The minimum Gasteiger partial charge on any atom is -0.373 e. The number of nitrogens with zero attached hydrogens (tertiary/aromatic N) is 2. The van der Waals surface area contributed by atoms with Gasteiger partial charge < -0.3 is 10.1 Å². The van der Waals surface area contributed by atoms with E-state index in [1.54, 1.807) is 18.2 Å². The monoisotopic (exact) mass is 287 g/mol. The summed E-state index contributed by atoms with van der Waals surface area (Å²) in [6.45, 7) is 6.51. The molecule has 1 fully saturated rings. The number of ether oxygens (including phenoxy) is 1. The number of carbonyl (C=O) groups is 1. The van der Waals surface area contributed by atoms with Gasteiger partial charge in [0, 0.05) is 26.1 Å². The lowest BCUT2D eigenvalue weighted by Gasteiger charge is -2.35. The molecular weight excluding hydrogens is 266 g/mol. The van der Waals surface area contributed by atoms with Crippen LogP contribution in [0.25, 0.3) is 0 Å². The molecule has 2 rings (SSSR count). The van der Waals surface area contributed by atoms with E-state index in [0.29, 0.717) is 24.2 Å². The zero-order valence-corrected chi connectivity index (χ0v) is 12.5. The first kappa shape index (κ1) is 15.5. The number of para-hydroxylation sites is 1. The number of amides is 1. The van der Waals surface area contributed by atoms with Crippen LogP contribution in [-0.4, -0.2) is 42.6 Å². The second kappa shape index (κ2) is 7.21. The van der Waals surface area contributed by atoms with Crippen molar-refractivity contribution < 1.29 is 9.53 Å². The van der Waals surface area contributed by atoms with Crippen LogP contribution in [-0.2, 0) is 9.53 Å². The van der Waals surface area contributed by atoms with Crippen molar-refractivity contribution in [2.45, 2.75) is 32.5 Å². The first-order chi connectivity index (χ1) is 10.1. The van der Waals surface area contributed by atoms with Crippen molar-refractivity contribution in [3.63, 3.8) is 0 Å². The third-order valence-corrected chi connectivity index (χ3v) is 3.47. The number of hydrogen-bond donors (Lipinski definition) is 1. The smallest absolute Gasteiger partial charge is 0.225 e. The topological polar surface area (TPSA) is 65.4 Å². The largest absolute Gasteiger partial charge is 0.373 e. The predicted molar refractivity (Wildman–Crippen MR) is 80.9 cm³/mol. The zero-order chi connectivity index (χ0) is 15.2. The fraction of sp³-hybridized carbons (Fsp3) is 0.500. The number of nitriles is 1. The number of carbonyl (C=O) groups excluding carboxylic acids is 1. The van der Waals surface area contributed by atoms with Crippen molar-refractivity contribution in [1.82, 2.24) is 4.90 Å². The Hall–Kier alpha value is -1.90. The molecule has 1 aliphatic rings. The molecule has 21 heavy (non-hydrogen) atoms. The van der Waals surface area contributed by atoms with Crippen molar-refractivity contribution in [1.29, 1.82) is 5.26 Å². The Morgan fingerprint density at radius 1 is 1.38 bits per heavy atom. The fourth-order valence-electron chi connectivity index (χ4n) is 2.63. The molecular formula is C16H21N3O2. The maximum Gasteiger partial charge on any atom is 0.225 e. The van der Waals surface area contributed by atoms with E-state index in [4.69, 9.17) is 10.00 Å². The van der Waals surface area contributed by atoms with Crippen molar-refractivity contribution in [3.8, 4) is 6.07 Å². The summed E-state index contributed by atoms with van der Waals surface area (Å²) in [5.74, 6) is -0.0653. The van der Waals surface area contributed by atoms with Gasteiger partial charge in [-0.15, -0.1) is 0 Å².